The number of carbonyl (C=O) groups excluding carboxylic acids is 1. The Bertz CT molecular complexity index is 645. The maximum absolute atomic E-state index is 12.0. The molecule has 3 N–H and O–H groups in total. The van der Waals surface area contributed by atoms with Crippen molar-refractivity contribution < 1.29 is 15.0 Å². The van der Waals surface area contributed by atoms with E-state index < -0.39 is 6.10 Å². The molecule has 0 aliphatic rings. The maximum atomic E-state index is 12.0. The molecule has 2 rings (SSSR count). The van der Waals surface area contributed by atoms with Crippen LogP contribution in [0.3, 0.4) is 0 Å². The number of hydrogen-bond acceptors (Lipinski definition) is 4. The van der Waals surface area contributed by atoms with Crippen molar-refractivity contribution >= 4 is 5.78 Å². The summed E-state index contributed by atoms with van der Waals surface area (Å²) in [5, 5.41) is 22.5. The van der Waals surface area contributed by atoms with Gasteiger partial charge in [-0.15, -0.1) is 0 Å². The summed E-state index contributed by atoms with van der Waals surface area (Å²) in [5.41, 5.74) is 3.72. The molecule has 4 heteroatoms. The molecule has 0 spiro atoms. The lowest BCUT2D eigenvalue weighted by Gasteiger charge is -2.13. The molecule has 0 aromatic heterocycles. The van der Waals surface area contributed by atoms with Crippen LogP contribution in [0.4, 0.5) is 0 Å². The zero-order chi connectivity index (χ0) is 16.8. The van der Waals surface area contributed by atoms with Gasteiger partial charge < -0.3 is 15.5 Å². The molecular formula is C19H23NO3. The van der Waals surface area contributed by atoms with Gasteiger partial charge in [0.15, 0.2) is 5.78 Å². The first-order chi connectivity index (χ1) is 11.0. The molecule has 4 nitrogen and oxygen atoms in total. The van der Waals surface area contributed by atoms with Crippen LogP contribution < -0.4 is 5.32 Å². The molecule has 0 bridgehead atoms. The zero-order valence-corrected chi connectivity index (χ0v) is 13.5. The van der Waals surface area contributed by atoms with Crippen molar-refractivity contribution in [2.75, 3.05) is 13.1 Å². The van der Waals surface area contributed by atoms with Crippen LogP contribution in [0.25, 0.3) is 0 Å². The van der Waals surface area contributed by atoms with E-state index in [1.807, 2.05) is 26.0 Å². The van der Waals surface area contributed by atoms with Crippen molar-refractivity contribution in [2.24, 2.45) is 0 Å². The summed E-state index contributed by atoms with van der Waals surface area (Å²) in [6.45, 7) is 4.92. The Labute approximate surface area is 136 Å². The molecule has 0 saturated heterocycles. The number of nitrogens with one attached hydrogen (secondary N) is 1. The first kappa shape index (κ1) is 17.2. The van der Waals surface area contributed by atoms with Crippen molar-refractivity contribution in [3.63, 3.8) is 0 Å². The second-order valence-electron chi connectivity index (χ2n) is 5.86. The molecule has 0 heterocycles. The molecule has 0 fully saturated rings. The van der Waals surface area contributed by atoms with E-state index in [0.717, 1.165) is 16.7 Å². The Kier molecular flexibility index (Phi) is 5.90. The quantitative estimate of drug-likeness (QED) is 0.543. The number of hydrogen-bond donors (Lipinski definition) is 3. The molecule has 1 atom stereocenters. The summed E-state index contributed by atoms with van der Waals surface area (Å²) in [6.07, 6.45) is -0.234. The first-order valence-electron chi connectivity index (χ1n) is 7.75. The average Bonchev–Trinajstić information content (AvgIpc) is 2.50. The SMILES string of the molecule is Cc1cc(C)cc(C(O)CNCCC(=O)c2ccc(O)cc2)c1. The average molecular weight is 313 g/mol. The van der Waals surface area contributed by atoms with Gasteiger partial charge in [0.2, 0.25) is 0 Å². The van der Waals surface area contributed by atoms with Gasteiger partial charge in [-0.3, -0.25) is 4.79 Å². The first-order valence-corrected chi connectivity index (χ1v) is 7.75. The highest BCUT2D eigenvalue weighted by Gasteiger charge is 2.09. The predicted molar refractivity (Wildman–Crippen MR) is 90.8 cm³/mol. The standard InChI is InChI=1S/C19H23NO3/c1-13-9-14(2)11-16(10-13)19(23)12-20-8-7-18(22)15-3-5-17(21)6-4-15/h3-6,9-11,19-21,23H,7-8,12H2,1-2H3. The topological polar surface area (TPSA) is 69.6 Å². The number of aryl methyl sites for hydroxylation is 2. The van der Waals surface area contributed by atoms with E-state index in [4.69, 9.17) is 0 Å². The summed E-state index contributed by atoms with van der Waals surface area (Å²) in [6, 6.07) is 12.3. The number of aliphatic hydroxyl groups is 1. The molecule has 2 aromatic carbocycles. The van der Waals surface area contributed by atoms with Crippen LogP contribution in [0, 0.1) is 13.8 Å². The summed E-state index contributed by atoms with van der Waals surface area (Å²) < 4.78 is 0. The number of ketones is 1. The van der Waals surface area contributed by atoms with Crippen LogP contribution >= 0.6 is 0 Å². The van der Waals surface area contributed by atoms with Gasteiger partial charge in [0.1, 0.15) is 5.75 Å². The zero-order valence-electron chi connectivity index (χ0n) is 13.5. The third kappa shape index (κ3) is 5.20. The fraction of sp³-hybridized carbons (Fsp3) is 0.316. The van der Waals surface area contributed by atoms with Gasteiger partial charge in [-0.05, 0) is 43.7 Å². The van der Waals surface area contributed by atoms with Crippen molar-refractivity contribution in [1.29, 1.82) is 0 Å². The highest BCUT2D eigenvalue weighted by atomic mass is 16.3. The number of phenols is 1. The van der Waals surface area contributed by atoms with E-state index in [-0.39, 0.29) is 11.5 Å². The van der Waals surface area contributed by atoms with Crippen molar-refractivity contribution in [3.8, 4) is 5.75 Å². The molecule has 0 saturated carbocycles. The van der Waals surface area contributed by atoms with Crippen LogP contribution in [0.5, 0.6) is 5.75 Å². The van der Waals surface area contributed by atoms with Gasteiger partial charge in [0, 0.05) is 25.1 Å². The molecule has 0 amide bonds. The minimum Gasteiger partial charge on any atom is -0.508 e. The lowest BCUT2D eigenvalue weighted by atomic mass is 10.0. The van der Waals surface area contributed by atoms with Crippen LogP contribution in [0.1, 0.15) is 39.6 Å². The van der Waals surface area contributed by atoms with E-state index in [0.29, 0.717) is 25.1 Å². The van der Waals surface area contributed by atoms with E-state index in [9.17, 15) is 15.0 Å². The van der Waals surface area contributed by atoms with Crippen LogP contribution in [-0.2, 0) is 0 Å². The van der Waals surface area contributed by atoms with Crippen LogP contribution in [-0.4, -0.2) is 29.1 Å². The van der Waals surface area contributed by atoms with E-state index in [1.54, 1.807) is 12.1 Å². The highest BCUT2D eigenvalue weighted by molar-refractivity contribution is 5.96. The summed E-state index contributed by atoms with van der Waals surface area (Å²) in [4.78, 5) is 12.0. The summed E-state index contributed by atoms with van der Waals surface area (Å²) in [7, 11) is 0. The molecule has 23 heavy (non-hydrogen) atoms. The third-order valence-electron chi connectivity index (χ3n) is 3.68. The van der Waals surface area contributed by atoms with Gasteiger partial charge in [-0.25, -0.2) is 0 Å². The minimum absolute atomic E-state index is 0.0124. The maximum Gasteiger partial charge on any atom is 0.164 e. The van der Waals surface area contributed by atoms with Crippen LogP contribution in [0.15, 0.2) is 42.5 Å². The Morgan fingerprint density at radius 2 is 1.70 bits per heavy atom. The fourth-order valence-electron chi connectivity index (χ4n) is 2.55. The Morgan fingerprint density at radius 1 is 1.09 bits per heavy atom. The number of rotatable bonds is 7. The number of phenolic OH excluding ortho intramolecular Hbond substituents is 1. The number of aromatic hydroxyl groups is 1. The van der Waals surface area contributed by atoms with Gasteiger partial charge in [-0.2, -0.15) is 0 Å². The lowest BCUT2D eigenvalue weighted by Crippen LogP contribution is -2.24. The van der Waals surface area contributed by atoms with Gasteiger partial charge in [0.05, 0.1) is 6.10 Å². The van der Waals surface area contributed by atoms with E-state index in [1.165, 1.54) is 12.1 Å². The molecule has 2 aromatic rings. The fourth-order valence-corrected chi connectivity index (χ4v) is 2.55. The smallest absolute Gasteiger partial charge is 0.164 e. The monoisotopic (exact) mass is 313 g/mol. The highest BCUT2D eigenvalue weighted by Crippen LogP contribution is 2.16. The predicted octanol–water partition coefficient (Wildman–Crippen LogP) is 2.91. The third-order valence-corrected chi connectivity index (χ3v) is 3.68. The molecule has 0 radical (unpaired) electrons. The largest absolute Gasteiger partial charge is 0.508 e. The van der Waals surface area contributed by atoms with E-state index in [2.05, 4.69) is 11.4 Å². The van der Waals surface area contributed by atoms with Gasteiger partial charge >= 0.3 is 0 Å². The lowest BCUT2D eigenvalue weighted by molar-refractivity contribution is 0.0979. The van der Waals surface area contributed by atoms with Gasteiger partial charge in [0.25, 0.3) is 0 Å². The number of Topliss-reactive ketones (excluding diaryl/α,β-unsaturated/α-hetero) is 1. The molecule has 0 aliphatic carbocycles. The number of benzene rings is 2. The Morgan fingerprint density at radius 3 is 2.30 bits per heavy atom. The van der Waals surface area contributed by atoms with Gasteiger partial charge in [-0.1, -0.05) is 29.3 Å². The second kappa shape index (κ2) is 7.90. The van der Waals surface area contributed by atoms with Crippen LogP contribution in [0.2, 0.25) is 0 Å². The summed E-state index contributed by atoms with van der Waals surface area (Å²) >= 11 is 0. The molecule has 1 unspecified atom stereocenters. The van der Waals surface area contributed by atoms with Crippen molar-refractivity contribution in [2.45, 2.75) is 26.4 Å². The van der Waals surface area contributed by atoms with E-state index >= 15 is 0 Å². The summed E-state index contributed by atoms with van der Waals surface area (Å²) in [5.74, 6) is 0.162. The number of aliphatic hydroxyl groups excluding tert-OH is 1. The Balaban J connectivity index is 1.78. The molecule has 0 aliphatic heterocycles. The number of carbonyl (C=O) groups is 1. The molecule has 122 valence electrons. The normalized spacial score (nSPS) is 12.1. The minimum atomic E-state index is -0.586. The molecular weight excluding hydrogens is 290 g/mol. The van der Waals surface area contributed by atoms with Crippen molar-refractivity contribution in [1.82, 2.24) is 5.32 Å². The van der Waals surface area contributed by atoms with Crippen molar-refractivity contribution in [3.05, 3.63) is 64.7 Å². The Hall–Kier alpha value is -2.17. The second-order valence-corrected chi connectivity index (χ2v) is 5.86.